The lowest BCUT2D eigenvalue weighted by Crippen LogP contribution is -2.49. The third-order valence-electron chi connectivity index (χ3n) is 4.08. The van der Waals surface area contributed by atoms with Gasteiger partial charge in [0.05, 0.1) is 0 Å². The minimum Gasteiger partial charge on any atom is -0.389 e. The van der Waals surface area contributed by atoms with Crippen molar-refractivity contribution in [2.75, 3.05) is 26.2 Å². The van der Waals surface area contributed by atoms with Crippen molar-refractivity contribution in [3.05, 3.63) is 35.4 Å². The number of carbonyl (C=O) groups excluding carboxylic acids is 1. The summed E-state index contributed by atoms with van der Waals surface area (Å²) in [5.74, 6) is 0.106. The van der Waals surface area contributed by atoms with E-state index in [-0.39, 0.29) is 5.91 Å². The molecule has 1 aliphatic heterocycles. The average Bonchev–Trinajstić information content (AvgIpc) is 3.31. The lowest BCUT2D eigenvalue weighted by atomic mass is 10.1. The number of nitrogens with zero attached hydrogens (tertiary/aromatic N) is 2. The molecule has 1 saturated carbocycles. The van der Waals surface area contributed by atoms with E-state index in [0.717, 1.165) is 37.8 Å². The molecular weight excluding hydrogens is 270 g/mol. The lowest BCUT2D eigenvalue weighted by molar-refractivity contribution is 0.0627. The Balaban J connectivity index is 1.62. The summed E-state index contributed by atoms with van der Waals surface area (Å²) < 4.78 is 0. The lowest BCUT2D eigenvalue weighted by Gasteiger charge is -2.34. The second-order valence-electron chi connectivity index (χ2n) is 5.50. The van der Waals surface area contributed by atoms with Crippen LogP contribution in [0.1, 0.15) is 28.8 Å². The van der Waals surface area contributed by atoms with Crippen LogP contribution in [0.5, 0.6) is 0 Å². The minimum absolute atomic E-state index is 0.106. The number of carbonyl (C=O) groups is 1. The molecule has 20 heavy (non-hydrogen) atoms. The molecule has 0 atom stereocenters. The van der Waals surface area contributed by atoms with Gasteiger partial charge in [-0.15, -0.1) is 0 Å². The number of piperazine rings is 1. The van der Waals surface area contributed by atoms with Crippen LogP contribution in [-0.4, -0.2) is 52.9 Å². The number of hydrogen-bond acceptors (Lipinski definition) is 3. The molecule has 1 amide bonds. The van der Waals surface area contributed by atoms with Crippen LogP contribution in [0.3, 0.4) is 0 Å². The molecule has 1 aliphatic carbocycles. The highest BCUT2D eigenvalue weighted by molar-refractivity contribution is 7.80. The van der Waals surface area contributed by atoms with E-state index in [4.69, 9.17) is 18.0 Å². The zero-order chi connectivity index (χ0) is 14.1. The van der Waals surface area contributed by atoms with Crippen molar-refractivity contribution in [1.82, 2.24) is 9.80 Å². The second-order valence-corrected chi connectivity index (χ2v) is 5.94. The van der Waals surface area contributed by atoms with Crippen molar-refractivity contribution in [2.24, 2.45) is 5.73 Å². The number of thiocarbonyl (C=S) groups is 1. The van der Waals surface area contributed by atoms with Gasteiger partial charge in [-0.05, 0) is 25.0 Å². The van der Waals surface area contributed by atoms with Gasteiger partial charge in [0.1, 0.15) is 4.99 Å². The SMILES string of the molecule is NC(=S)c1ccc(C(=O)N2CCN(C3CC3)CC2)cc1. The molecule has 106 valence electrons. The summed E-state index contributed by atoms with van der Waals surface area (Å²) in [4.78, 5) is 17.2. The Bertz CT molecular complexity index is 516. The van der Waals surface area contributed by atoms with Crippen molar-refractivity contribution in [2.45, 2.75) is 18.9 Å². The van der Waals surface area contributed by atoms with Crippen LogP contribution in [0.15, 0.2) is 24.3 Å². The molecule has 0 aromatic heterocycles. The van der Waals surface area contributed by atoms with Crippen LogP contribution in [0.4, 0.5) is 0 Å². The fourth-order valence-electron chi connectivity index (χ4n) is 2.69. The quantitative estimate of drug-likeness (QED) is 0.851. The highest BCUT2D eigenvalue weighted by Gasteiger charge is 2.32. The van der Waals surface area contributed by atoms with Crippen LogP contribution in [-0.2, 0) is 0 Å². The summed E-state index contributed by atoms with van der Waals surface area (Å²) in [6, 6.07) is 8.04. The summed E-state index contributed by atoms with van der Waals surface area (Å²) >= 11 is 4.92. The van der Waals surface area contributed by atoms with Gasteiger partial charge >= 0.3 is 0 Å². The van der Waals surface area contributed by atoms with Crippen molar-refractivity contribution in [1.29, 1.82) is 0 Å². The molecule has 3 rings (SSSR count). The van der Waals surface area contributed by atoms with Crippen LogP contribution < -0.4 is 5.73 Å². The Morgan fingerprint density at radius 3 is 2.10 bits per heavy atom. The number of benzene rings is 1. The van der Waals surface area contributed by atoms with Crippen LogP contribution in [0, 0.1) is 0 Å². The maximum atomic E-state index is 12.4. The molecule has 0 unspecified atom stereocenters. The number of amides is 1. The Kier molecular flexibility index (Phi) is 3.72. The third kappa shape index (κ3) is 2.83. The second kappa shape index (κ2) is 5.50. The molecule has 1 aromatic rings. The van der Waals surface area contributed by atoms with E-state index >= 15 is 0 Å². The van der Waals surface area contributed by atoms with Crippen LogP contribution in [0.2, 0.25) is 0 Å². The Morgan fingerprint density at radius 1 is 1.05 bits per heavy atom. The zero-order valence-electron chi connectivity index (χ0n) is 11.4. The van der Waals surface area contributed by atoms with Crippen molar-refractivity contribution in [3.63, 3.8) is 0 Å². The Hall–Kier alpha value is -1.46. The predicted molar refractivity (Wildman–Crippen MR) is 82.8 cm³/mol. The Morgan fingerprint density at radius 2 is 1.60 bits per heavy atom. The molecule has 0 radical (unpaired) electrons. The number of rotatable bonds is 3. The zero-order valence-corrected chi connectivity index (χ0v) is 12.2. The van der Waals surface area contributed by atoms with Gasteiger partial charge < -0.3 is 10.6 Å². The maximum Gasteiger partial charge on any atom is 0.253 e. The summed E-state index contributed by atoms with van der Waals surface area (Å²) in [6.07, 6.45) is 2.66. The van der Waals surface area contributed by atoms with Gasteiger partial charge in [-0.2, -0.15) is 0 Å². The van der Waals surface area contributed by atoms with Gasteiger partial charge in [-0.25, -0.2) is 0 Å². The maximum absolute atomic E-state index is 12.4. The monoisotopic (exact) mass is 289 g/mol. The highest BCUT2D eigenvalue weighted by Crippen LogP contribution is 2.27. The van der Waals surface area contributed by atoms with Gasteiger partial charge in [-0.3, -0.25) is 9.69 Å². The predicted octanol–water partition coefficient (Wildman–Crippen LogP) is 1.24. The molecule has 1 saturated heterocycles. The first-order chi connectivity index (χ1) is 9.65. The average molecular weight is 289 g/mol. The molecule has 1 heterocycles. The molecule has 0 bridgehead atoms. The third-order valence-corrected chi connectivity index (χ3v) is 4.32. The van der Waals surface area contributed by atoms with Gasteiger partial charge in [0.25, 0.3) is 5.91 Å². The first-order valence-electron chi connectivity index (χ1n) is 7.08. The van der Waals surface area contributed by atoms with E-state index < -0.39 is 0 Å². The van der Waals surface area contributed by atoms with E-state index in [9.17, 15) is 4.79 Å². The smallest absolute Gasteiger partial charge is 0.253 e. The molecule has 5 heteroatoms. The van der Waals surface area contributed by atoms with Crippen molar-refractivity contribution in [3.8, 4) is 0 Å². The van der Waals surface area contributed by atoms with Gasteiger partial charge in [0.2, 0.25) is 0 Å². The molecule has 4 nitrogen and oxygen atoms in total. The van der Waals surface area contributed by atoms with Gasteiger partial charge in [0, 0.05) is 43.3 Å². The Labute approximate surface area is 124 Å². The fraction of sp³-hybridized carbons (Fsp3) is 0.467. The first kappa shape index (κ1) is 13.5. The topological polar surface area (TPSA) is 49.6 Å². The van der Waals surface area contributed by atoms with Gasteiger partial charge in [-0.1, -0.05) is 24.4 Å². The molecule has 2 fully saturated rings. The van der Waals surface area contributed by atoms with E-state index in [2.05, 4.69) is 4.90 Å². The van der Waals surface area contributed by atoms with E-state index in [1.54, 1.807) is 0 Å². The number of nitrogens with two attached hydrogens (primary N) is 1. The molecule has 0 spiro atoms. The standard InChI is InChI=1S/C15H19N3OS/c16-14(20)11-1-3-12(4-2-11)15(19)18-9-7-17(8-10-18)13-5-6-13/h1-4,13H,5-10H2,(H2,16,20). The fourth-order valence-corrected chi connectivity index (χ4v) is 2.83. The van der Waals surface area contributed by atoms with Gasteiger partial charge in [0.15, 0.2) is 0 Å². The van der Waals surface area contributed by atoms with Crippen molar-refractivity contribution >= 4 is 23.1 Å². The van der Waals surface area contributed by atoms with Crippen LogP contribution >= 0.6 is 12.2 Å². The molecule has 1 aromatic carbocycles. The molecule has 2 N–H and O–H groups in total. The largest absolute Gasteiger partial charge is 0.389 e. The summed E-state index contributed by atoms with van der Waals surface area (Å²) in [5.41, 5.74) is 7.08. The van der Waals surface area contributed by atoms with Crippen molar-refractivity contribution < 1.29 is 4.79 Å². The normalized spacial score (nSPS) is 19.9. The number of hydrogen-bond donors (Lipinski definition) is 1. The molecule has 2 aliphatic rings. The van der Waals surface area contributed by atoms with Crippen LogP contribution in [0.25, 0.3) is 0 Å². The summed E-state index contributed by atoms with van der Waals surface area (Å²) in [5, 5.41) is 0. The summed E-state index contributed by atoms with van der Waals surface area (Å²) in [7, 11) is 0. The summed E-state index contributed by atoms with van der Waals surface area (Å²) in [6.45, 7) is 3.65. The van der Waals surface area contributed by atoms with E-state index in [1.807, 2.05) is 29.2 Å². The van der Waals surface area contributed by atoms with E-state index in [1.165, 1.54) is 12.8 Å². The van der Waals surface area contributed by atoms with E-state index in [0.29, 0.717) is 10.6 Å². The molecular formula is C15H19N3OS. The highest BCUT2D eigenvalue weighted by atomic mass is 32.1. The first-order valence-corrected chi connectivity index (χ1v) is 7.49. The minimum atomic E-state index is 0.106.